The number of thioether (sulfide) groups is 1. The zero-order chi connectivity index (χ0) is 33.2. The molecule has 2 aromatic carbocycles. The van der Waals surface area contributed by atoms with E-state index in [1.165, 1.54) is 4.90 Å². The monoisotopic (exact) mass is 638 g/mol. The standard InChI is InChI=1S/C31H40N4O2.C8H10S/c1-7-37-31(36)23-13-11-22(12-14-23)27-16-15-26(20(5)34-27)35-21(6)29(18(2)3)30(32)24-9-8-10-28-25(24)17-19(4)33-28;1-2-9-8-6-4-3-5-7-8/h8-10,15-19,22-23H,7,11-14,32H2,1-6H3;3-7H,2H2,1H3/b30-29-,35-21?;. The number of ether oxygens (including phenoxy) is 1. The summed E-state index contributed by atoms with van der Waals surface area (Å²) in [6, 6.07) is 20.9. The van der Waals surface area contributed by atoms with E-state index in [1.54, 1.807) is 0 Å². The maximum atomic E-state index is 12.1. The van der Waals surface area contributed by atoms with Crippen LogP contribution in [0.5, 0.6) is 0 Å². The SMILES string of the molecule is CCOC(=O)C1CCC(c2ccc(N=C(C)/C(=C(\N)c3cccc4c3=CC(C)N=4)C(C)C)c(C)n2)CC1.CCSc1ccccc1. The van der Waals surface area contributed by atoms with E-state index in [4.69, 9.17) is 25.4 Å². The Morgan fingerprint density at radius 3 is 2.37 bits per heavy atom. The maximum Gasteiger partial charge on any atom is 0.308 e. The van der Waals surface area contributed by atoms with Gasteiger partial charge in [-0.15, -0.1) is 11.8 Å². The van der Waals surface area contributed by atoms with Crippen LogP contribution in [0.1, 0.15) is 90.1 Å². The molecule has 1 saturated carbocycles. The number of carbonyl (C=O) groups excluding carboxylic acids is 1. The number of pyridine rings is 1. The van der Waals surface area contributed by atoms with Crippen LogP contribution < -0.4 is 16.3 Å². The molecule has 244 valence electrons. The highest BCUT2D eigenvalue weighted by Crippen LogP contribution is 2.36. The number of aliphatic imine (C=N–C) groups is 1. The van der Waals surface area contributed by atoms with Crippen LogP contribution in [0.25, 0.3) is 11.8 Å². The van der Waals surface area contributed by atoms with E-state index in [9.17, 15) is 4.79 Å². The Morgan fingerprint density at radius 1 is 1.02 bits per heavy atom. The van der Waals surface area contributed by atoms with Crippen molar-refractivity contribution < 1.29 is 9.53 Å². The minimum Gasteiger partial charge on any atom is -0.466 e. The van der Waals surface area contributed by atoms with E-state index in [1.807, 2.05) is 50.7 Å². The summed E-state index contributed by atoms with van der Waals surface area (Å²) in [5.74, 6) is 1.70. The van der Waals surface area contributed by atoms with Crippen LogP contribution in [0.15, 0.2) is 81.1 Å². The molecular formula is C39H50N4O2S. The summed E-state index contributed by atoms with van der Waals surface area (Å²) in [7, 11) is 0. The van der Waals surface area contributed by atoms with E-state index in [2.05, 4.69) is 76.2 Å². The molecule has 1 atom stereocenters. The molecule has 46 heavy (non-hydrogen) atoms. The first-order chi connectivity index (χ1) is 22.1. The lowest BCUT2D eigenvalue weighted by atomic mass is 9.80. The second kappa shape index (κ2) is 16.7. The van der Waals surface area contributed by atoms with Gasteiger partial charge in [-0.1, -0.05) is 57.2 Å². The molecule has 2 aliphatic rings. The summed E-state index contributed by atoms with van der Waals surface area (Å²) in [5.41, 5.74) is 13.4. The van der Waals surface area contributed by atoms with Crippen LogP contribution in [0, 0.1) is 18.8 Å². The van der Waals surface area contributed by atoms with Gasteiger partial charge in [-0.05, 0) is 101 Å². The molecule has 1 aromatic heterocycles. The van der Waals surface area contributed by atoms with Gasteiger partial charge >= 0.3 is 5.97 Å². The number of fused-ring (bicyclic) bond motifs is 1. The van der Waals surface area contributed by atoms with Gasteiger partial charge in [0, 0.05) is 38.7 Å². The lowest BCUT2D eigenvalue weighted by Crippen LogP contribution is -2.28. The Labute approximate surface area is 279 Å². The zero-order valence-corrected chi connectivity index (χ0v) is 29.4. The average Bonchev–Trinajstić information content (AvgIpc) is 3.43. The predicted molar refractivity (Wildman–Crippen MR) is 193 cm³/mol. The molecule has 2 N–H and O–H groups in total. The minimum absolute atomic E-state index is 0.0239. The third-order valence-corrected chi connectivity index (χ3v) is 9.46. The Kier molecular flexibility index (Phi) is 12.8. The first-order valence-electron chi connectivity index (χ1n) is 16.7. The van der Waals surface area contributed by atoms with Gasteiger partial charge < -0.3 is 10.5 Å². The summed E-state index contributed by atoms with van der Waals surface area (Å²) >= 11 is 1.88. The second-order valence-corrected chi connectivity index (χ2v) is 13.7. The van der Waals surface area contributed by atoms with Crippen LogP contribution in [0.3, 0.4) is 0 Å². The molecule has 1 aliphatic heterocycles. The molecule has 0 saturated heterocycles. The van der Waals surface area contributed by atoms with Crippen LogP contribution in [-0.2, 0) is 9.53 Å². The van der Waals surface area contributed by atoms with Gasteiger partial charge in [0.1, 0.15) is 0 Å². The van der Waals surface area contributed by atoms with Gasteiger partial charge in [0.2, 0.25) is 0 Å². The normalized spacial score (nSPS) is 19.7. The quantitative estimate of drug-likeness (QED) is 0.146. The number of carbonyl (C=O) groups is 1. The van der Waals surface area contributed by atoms with Crippen molar-refractivity contribution in [2.24, 2.45) is 27.6 Å². The number of benzene rings is 2. The van der Waals surface area contributed by atoms with Crippen molar-refractivity contribution in [2.75, 3.05) is 12.4 Å². The number of nitrogens with zero attached hydrogens (tertiary/aromatic N) is 3. The van der Waals surface area contributed by atoms with Gasteiger partial charge in [-0.3, -0.25) is 19.8 Å². The van der Waals surface area contributed by atoms with Crippen LogP contribution in [0.2, 0.25) is 0 Å². The summed E-state index contributed by atoms with van der Waals surface area (Å²) in [5, 5.41) is 2.11. The van der Waals surface area contributed by atoms with Crippen molar-refractivity contribution in [1.29, 1.82) is 0 Å². The van der Waals surface area contributed by atoms with Crippen molar-refractivity contribution >= 4 is 40.9 Å². The highest BCUT2D eigenvalue weighted by Gasteiger charge is 2.28. The van der Waals surface area contributed by atoms with Crippen LogP contribution in [-0.4, -0.2) is 35.1 Å². The topological polar surface area (TPSA) is 89.9 Å². The van der Waals surface area contributed by atoms with E-state index >= 15 is 0 Å². The Hall–Kier alpha value is -3.71. The predicted octanol–water partition coefficient (Wildman–Crippen LogP) is 7.95. The molecule has 0 spiro atoms. The van der Waals surface area contributed by atoms with Gasteiger partial charge in [-0.25, -0.2) is 0 Å². The average molecular weight is 639 g/mol. The minimum atomic E-state index is -0.0548. The molecule has 0 radical (unpaired) electrons. The van der Waals surface area contributed by atoms with Crippen LogP contribution in [0.4, 0.5) is 5.69 Å². The number of aryl methyl sites for hydroxylation is 1. The second-order valence-electron chi connectivity index (χ2n) is 12.3. The molecule has 3 aromatic rings. The van der Waals surface area contributed by atoms with Gasteiger partial charge in [0.25, 0.3) is 0 Å². The van der Waals surface area contributed by atoms with Crippen molar-refractivity contribution in [3.05, 3.63) is 93.8 Å². The number of allylic oxidation sites excluding steroid dienone is 1. The highest BCUT2D eigenvalue weighted by molar-refractivity contribution is 7.99. The van der Waals surface area contributed by atoms with Crippen molar-refractivity contribution in [1.82, 2.24) is 4.98 Å². The third kappa shape index (κ3) is 8.97. The Morgan fingerprint density at radius 2 is 1.74 bits per heavy atom. The zero-order valence-electron chi connectivity index (χ0n) is 28.5. The van der Waals surface area contributed by atoms with E-state index in [-0.39, 0.29) is 23.8 Å². The number of nitrogens with two attached hydrogens (primary N) is 1. The largest absolute Gasteiger partial charge is 0.466 e. The molecule has 1 unspecified atom stereocenters. The third-order valence-electron chi connectivity index (χ3n) is 8.57. The Balaban J connectivity index is 0.000000459. The fourth-order valence-electron chi connectivity index (χ4n) is 6.37. The Bertz CT molecular complexity index is 1670. The molecule has 5 rings (SSSR count). The number of hydrogen-bond donors (Lipinski definition) is 1. The summed E-state index contributed by atoms with van der Waals surface area (Å²) in [6.07, 6.45) is 5.81. The first-order valence-corrected chi connectivity index (χ1v) is 17.7. The lowest BCUT2D eigenvalue weighted by molar-refractivity contribution is -0.149. The molecule has 2 heterocycles. The fourth-order valence-corrected chi connectivity index (χ4v) is 7.05. The smallest absolute Gasteiger partial charge is 0.308 e. The first kappa shape index (κ1) is 35.1. The molecule has 1 fully saturated rings. The van der Waals surface area contributed by atoms with Crippen molar-refractivity contribution in [2.45, 2.75) is 91.0 Å². The highest BCUT2D eigenvalue weighted by atomic mass is 32.2. The summed E-state index contributed by atoms with van der Waals surface area (Å²) in [4.78, 5) is 28.1. The van der Waals surface area contributed by atoms with E-state index < -0.39 is 0 Å². The molecule has 1 aliphatic carbocycles. The summed E-state index contributed by atoms with van der Waals surface area (Å²) < 4.78 is 5.21. The van der Waals surface area contributed by atoms with Gasteiger partial charge in [0.05, 0.1) is 35.3 Å². The number of hydrogen-bond acceptors (Lipinski definition) is 7. The number of aromatic nitrogens is 1. The molecule has 0 amide bonds. The van der Waals surface area contributed by atoms with E-state index in [0.29, 0.717) is 12.5 Å². The molecule has 6 nitrogen and oxygen atoms in total. The fraction of sp³-hybridized carbons (Fsp3) is 0.436. The summed E-state index contributed by atoms with van der Waals surface area (Å²) in [6.45, 7) is 14.9. The lowest BCUT2D eigenvalue weighted by Gasteiger charge is -2.27. The molecule has 0 bridgehead atoms. The van der Waals surface area contributed by atoms with Crippen molar-refractivity contribution in [3.8, 4) is 0 Å². The number of esters is 1. The van der Waals surface area contributed by atoms with Crippen LogP contribution >= 0.6 is 11.8 Å². The van der Waals surface area contributed by atoms with Crippen molar-refractivity contribution in [3.63, 3.8) is 0 Å². The molecular weight excluding hydrogens is 589 g/mol. The molecule has 7 heteroatoms. The number of rotatable bonds is 9. The maximum absolute atomic E-state index is 12.1. The van der Waals surface area contributed by atoms with E-state index in [0.717, 1.165) is 81.6 Å². The van der Waals surface area contributed by atoms with Gasteiger partial charge in [-0.2, -0.15) is 0 Å². The van der Waals surface area contributed by atoms with Gasteiger partial charge in [0.15, 0.2) is 0 Å².